The lowest BCUT2D eigenvalue weighted by atomic mass is 10.1. The fourth-order valence-corrected chi connectivity index (χ4v) is 1.87. The van der Waals surface area contributed by atoms with Crippen LogP contribution in [0.25, 0.3) is 0 Å². The van der Waals surface area contributed by atoms with Crippen LogP contribution in [0.3, 0.4) is 0 Å². The van der Waals surface area contributed by atoms with Crippen molar-refractivity contribution in [2.24, 2.45) is 0 Å². The van der Waals surface area contributed by atoms with E-state index in [2.05, 4.69) is 4.98 Å². The average molecular weight is 273 g/mol. The first-order valence-electron chi connectivity index (χ1n) is 6.62. The molecular weight excluding hydrogens is 254 g/mol. The number of rotatable bonds is 5. The Bertz CT molecular complexity index is 582. The van der Waals surface area contributed by atoms with Crippen LogP contribution in [-0.2, 0) is 13.2 Å². The summed E-state index contributed by atoms with van der Waals surface area (Å²) < 4.78 is 5.75. The second-order valence-electron chi connectivity index (χ2n) is 4.92. The third-order valence-corrected chi connectivity index (χ3v) is 3.01. The van der Waals surface area contributed by atoms with Crippen molar-refractivity contribution >= 4 is 0 Å². The van der Waals surface area contributed by atoms with E-state index in [-0.39, 0.29) is 19.1 Å². The van der Waals surface area contributed by atoms with Gasteiger partial charge in [-0.15, -0.1) is 0 Å². The zero-order chi connectivity index (χ0) is 14.5. The zero-order valence-corrected chi connectivity index (χ0v) is 11.7. The highest BCUT2D eigenvalue weighted by atomic mass is 16.5. The fourth-order valence-electron chi connectivity index (χ4n) is 1.87. The molecular formula is C16H19NO3. The first kappa shape index (κ1) is 14.5. The van der Waals surface area contributed by atoms with Crippen molar-refractivity contribution in [3.05, 3.63) is 53.2 Å². The molecule has 0 saturated heterocycles. The number of pyridine rings is 1. The van der Waals surface area contributed by atoms with Gasteiger partial charge in [0.2, 0.25) is 5.88 Å². The van der Waals surface area contributed by atoms with Crippen LogP contribution in [0.5, 0.6) is 11.6 Å². The number of benzene rings is 1. The average Bonchev–Trinajstić information content (AvgIpc) is 2.47. The zero-order valence-electron chi connectivity index (χ0n) is 11.7. The van der Waals surface area contributed by atoms with Crippen molar-refractivity contribution in [3.8, 4) is 11.6 Å². The number of para-hydroxylation sites is 1. The van der Waals surface area contributed by atoms with Gasteiger partial charge in [0.1, 0.15) is 5.75 Å². The number of nitrogens with zero attached hydrogens (tertiary/aromatic N) is 1. The molecule has 0 aliphatic carbocycles. The van der Waals surface area contributed by atoms with Crippen molar-refractivity contribution in [1.82, 2.24) is 4.98 Å². The minimum Gasteiger partial charge on any atom is -0.439 e. The highest BCUT2D eigenvalue weighted by Gasteiger charge is 2.09. The van der Waals surface area contributed by atoms with Crippen LogP contribution < -0.4 is 4.74 Å². The van der Waals surface area contributed by atoms with Crippen molar-refractivity contribution < 1.29 is 14.9 Å². The number of aromatic nitrogens is 1. The molecule has 4 nitrogen and oxygen atoms in total. The summed E-state index contributed by atoms with van der Waals surface area (Å²) in [7, 11) is 0. The molecule has 1 heterocycles. The number of aliphatic hydroxyl groups is 2. The Kier molecular flexibility index (Phi) is 4.71. The Morgan fingerprint density at radius 2 is 1.85 bits per heavy atom. The van der Waals surface area contributed by atoms with Gasteiger partial charge < -0.3 is 14.9 Å². The molecule has 106 valence electrons. The molecule has 0 unspecified atom stereocenters. The number of hydrogen-bond acceptors (Lipinski definition) is 4. The van der Waals surface area contributed by atoms with Crippen LogP contribution in [-0.4, -0.2) is 15.2 Å². The molecule has 0 bridgehead atoms. The monoisotopic (exact) mass is 273 g/mol. The highest BCUT2D eigenvalue weighted by molar-refractivity contribution is 5.37. The SMILES string of the molecule is CC(C)c1cc(CO)cc(Oc2ccccc2CO)n1. The van der Waals surface area contributed by atoms with Gasteiger partial charge in [-0.1, -0.05) is 32.0 Å². The highest BCUT2D eigenvalue weighted by Crippen LogP contribution is 2.26. The van der Waals surface area contributed by atoms with Gasteiger partial charge in [-0.2, -0.15) is 0 Å². The lowest BCUT2D eigenvalue weighted by molar-refractivity contribution is 0.275. The van der Waals surface area contributed by atoms with Gasteiger partial charge in [0.25, 0.3) is 0 Å². The molecule has 0 atom stereocenters. The van der Waals surface area contributed by atoms with Crippen LogP contribution in [0.2, 0.25) is 0 Å². The van der Waals surface area contributed by atoms with Gasteiger partial charge in [-0.25, -0.2) is 4.98 Å². The summed E-state index contributed by atoms with van der Waals surface area (Å²) >= 11 is 0. The van der Waals surface area contributed by atoms with E-state index in [4.69, 9.17) is 4.74 Å². The number of aliphatic hydroxyl groups excluding tert-OH is 2. The summed E-state index contributed by atoms with van der Waals surface area (Å²) in [5, 5.41) is 18.6. The smallest absolute Gasteiger partial charge is 0.219 e. The van der Waals surface area contributed by atoms with E-state index in [0.29, 0.717) is 17.2 Å². The Morgan fingerprint density at radius 3 is 2.50 bits per heavy atom. The van der Waals surface area contributed by atoms with Gasteiger partial charge in [0.05, 0.1) is 13.2 Å². The molecule has 0 saturated carbocycles. The maximum atomic E-state index is 9.31. The Labute approximate surface area is 118 Å². The van der Waals surface area contributed by atoms with E-state index in [9.17, 15) is 10.2 Å². The lowest BCUT2D eigenvalue weighted by Gasteiger charge is -2.12. The maximum absolute atomic E-state index is 9.31. The van der Waals surface area contributed by atoms with E-state index < -0.39 is 0 Å². The molecule has 20 heavy (non-hydrogen) atoms. The molecule has 1 aromatic carbocycles. The second-order valence-corrected chi connectivity index (χ2v) is 4.92. The van der Waals surface area contributed by atoms with Crippen LogP contribution in [0.4, 0.5) is 0 Å². The number of ether oxygens (including phenoxy) is 1. The first-order chi connectivity index (χ1) is 9.63. The van der Waals surface area contributed by atoms with Crippen molar-refractivity contribution in [2.45, 2.75) is 33.0 Å². The Hall–Kier alpha value is -1.91. The molecule has 0 aliphatic rings. The van der Waals surface area contributed by atoms with Gasteiger partial charge in [0, 0.05) is 17.3 Å². The fraction of sp³-hybridized carbons (Fsp3) is 0.312. The van der Waals surface area contributed by atoms with Gasteiger partial charge in [-0.05, 0) is 23.6 Å². The van der Waals surface area contributed by atoms with Crippen molar-refractivity contribution in [3.63, 3.8) is 0 Å². The van der Waals surface area contributed by atoms with Gasteiger partial charge in [0.15, 0.2) is 0 Å². The predicted molar refractivity (Wildman–Crippen MR) is 76.7 cm³/mol. The summed E-state index contributed by atoms with van der Waals surface area (Å²) in [4.78, 5) is 4.44. The molecule has 0 aliphatic heterocycles. The Balaban J connectivity index is 2.35. The Morgan fingerprint density at radius 1 is 1.10 bits per heavy atom. The minimum atomic E-state index is -0.0904. The molecule has 0 amide bonds. The molecule has 0 radical (unpaired) electrons. The van der Waals surface area contributed by atoms with Gasteiger partial charge >= 0.3 is 0 Å². The molecule has 2 N–H and O–H groups in total. The van der Waals surface area contributed by atoms with E-state index in [1.165, 1.54) is 0 Å². The standard InChI is InChI=1S/C16H19NO3/c1-11(2)14-7-12(9-18)8-16(17-14)20-15-6-4-3-5-13(15)10-19/h3-8,11,18-19H,9-10H2,1-2H3. The van der Waals surface area contributed by atoms with Crippen LogP contribution in [0.1, 0.15) is 36.6 Å². The lowest BCUT2D eigenvalue weighted by Crippen LogP contribution is -2.00. The third kappa shape index (κ3) is 3.35. The normalized spacial score (nSPS) is 10.8. The maximum Gasteiger partial charge on any atom is 0.219 e. The molecule has 1 aromatic heterocycles. The molecule has 2 rings (SSSR count). The molecule has 2 aromatic rings. The molecule has 4 heteroatoms. The van der Waals surface area contributed by atoms with Crippen LogP contribution >= 0.6 is 0 Å². The van der Waals surface area contributed by atoms with Gasteiger partial charge in [-0.3, -0.25) is 0 Å². The van der Waals surface area contributed by atoms with E-state index in [1.54, 1.807) is 18.2 Å². The first-order valence-corrected chi connectivity index (χ1v) is 6.62. The minimum absolute atomic E-state index is 0.0553. The molecule has 0 fully saturated rings. The van der Waals surface area contributed by atoms with Crippen molar-refractivity contribution in [1.29, 1.82) is 0 Å². The third-order valence-electron chi connectivity index (χ3n) is 3.01. The molecule has 0 spiro atoms. The van der Waals surface area contributed by atoms with E-state index in [1.807, 2.05) is 32.0 Å². The number of hydrogen-bond donors (Lipinski definition) is 2. The van der Waals surface area contributed by atoms with E-state index >= 15 is 0 Å². The topological polar surface area (TPSA) is 62.6 Å². The van der Waals surface area contributed by atoms with Crippen LogP contribution in [0, 0.1) is 0 Å². The largest absolute Gasteiger partial charge is 0.439 e. The quantitative estimate of drug-likeness (QED) is 0.879. The summed E-state index contributed by atoms with van der Waals surface area (Å²) in [5.74, 6) is 1.25. The van der Waals surface area contributed by atoms with E-state index in [0.717, 1.165) is 11.3 Å². The van der Waals surface area contributed by atoms with Crippen LogP contribution in [0.15, 0.2) is 36.4 Å². The summed E-state index contributed by atoms with van der Waals surface area (Å²) in [6.07, 6.45) is 0. The second kappa shape index (κ2) is 6.50. The summed E-state index contributed by atoms with van der Waals surface area (Å²) in [5.41, 5.74) is 2.34. The summed E-state index contributed by atoms with van der Waals surface area (Å²) in [6.45, 7) is 3.93. The summed E-state index contributed by atoms with van der Waals surface area (Å²) in [6, 6.07) is 10.8. The van der Waals surface area contributed by atoms with Crippen molar-refractivity contribution in [2.75, 3.05) is 0 Å². The predicted octanol–water partition coefficient (Wildman–Crippen LogP) is 2.98.